The zero-order valence-electron chi connectivity index (χ0n) is 12.2. The lowest BCUT2D eigenvalue weighted by atomic mass is 9.92. The largest absolute Gasteiger partial charge is 0.438 e. The molecule has 0 bridgehead atoms. The predicted octanol–water partition coefficient (Wildman–Crippen LogP) is 3.80. The van der Waals surface area contributed by atoms with Gasteiger partial charge in [-0.1, -0.05) is 6.07 Å². The first-order chi connectivity index (χ1) is 9.38. The van der Waals surface area contributed by atoms with Crippen LogP contribution >= 0.6 is 0 Å². The Balaban J connectivity index is 2.14. The highest BCUT2D eigenvalue weighted by Gasteiger charge is 2.33. The Hall–Kier alpha value is -2.23. The van der Waals surface area contributed by atoms with Crippen LogP contribution in [0.2, 0.25) is 0 Å². The summed E-state index contributed by atoms with van der Waals surface area (Å²) in [6.07, 6.45) is -0.398. The number of anilines is 1. The molecule has 0 saturated carbocycles. The number of cyclic esters (lactones) is 1. The maximum absolute atomic E-state index is 11.5. The first-order valence-electron chi connectivity index (χ1n) is 6.66. The van der Waals surface area contributed by atoms with Gasteiger partial charge in [0.15, 0.2) is 0 Å². The molecular weight excluding hydrogens is 252 g/mol. The summed E-state index contributed by atoms with van der Waals surface area (Å²) in [7, 11) is 2.05. The highest BCUT2D eigenvalue weighted by molar-refractivity contribution is 5.89. The van der Waals surface area contributed by atoms with Crippen molar-refractivity contribution in [3.8, 4) is 11.3 Å². The molecule has 1 aromatic heterocycles. The van der Waals surface area contributed by atoms with E-state index in [4.69, 9.17) is 4.74 Å². The van der Waals surface area contributed by atoms with Gasteiger partial charge in [0.1, 0.15) is 5.60 Å². The number of hydrogen-bond acceptors (Lipinski definition) is 2. The Bertz CT molecular complexity index is 698. The van der Waals surface area contributed by atoms with Gasteiger partial charge in [-0.3, -0.25) is 5.32 Å². The summed E-state index contributed by atoms with van der Waals surface area (Å²) >= 11 is 0. The van der Waals surface area contributed by atoms with Crippen LogP contribution < -0.4 is 5.32 Å². The van der Waals surface area contributed by atoms with Crippen LogP contribution in [-0.2, 0) is 17.4 Å². The van der Waals surface area contributed by atoms with Crippen molar-refractivity contribution in [2.75, 3.05) is 5.32 Å². The lowest BCUT2D eigenvalue weighted by Crippen LogP contribution is -2.34. The SMILES string of the molecule is Cc1ccc(-c2ccc3c(c2)C(C)(C)OC(=O)N3)n1C. The van der Waals surface area contributed by atoms with E-state index in [-0.39, 0.29) is 0 Å². The van der Waals surface area contributed by atoms with Gasteiger partial charge in [0, 0.05) is 24.0 Å². The molecule has 1 aromatic carbocycles. The Morgan fingerprint density at radius 3 is 2.60 bits per heavy atom. The Kier molecular flexibility index (Phi) is 2.64. The quantitative estimate of drug-likeness (QED) is 0.856. The monoisotopic (exact) mass is 270 g/mol. The number of amides is 1. The normalized spacial score (nSPS) is 16.3. The van der Waals surface area contributed by atoms with Crippen molar-refractivity contribution >= 4 is 11.8 Å². The van der Waals surface area contributed by atoms with E-state index in [9.17, 15) is 4.79 Å². The Morgan fingerprint density at radius 2 is 1.95 bits per heavy atom. The summed E-state index contributed by atoms with van der Waals surface area (Å²) in [6, 6.07) is 10.2. The molecule has 1 N–H and O–H groups in total. The number of aryl methyl sites for hydroxylation is 1. The van der Waals surface area contributed by atoms with Gasteiger partial charge in [-0.15, -0.1) is 0 Å². The van der Waals surface area contributed by atoms with Crippen molar-refractivity contribution in [1.82, 2.24) is 4.57 Å². The van der Waals surface area contributed by atoms with Crippen LogP contribution in [-0.4, -0.2) is 10.7 Å². The van der Waals surface area contributed by atoms with Crippen molar-refractivity contribution in [3.63, 3.8) is 0 Å². The molecule has 1 amide bonds. The van der Waals surface area contributed by atoms with Gasteiger partial charge in [-0.05, 0) is 50.6 Å². The number of carbonyl (C=O) groups is 1. The van der Waals surface area contributed by atoms with Crippen LogP contribution in [0.1, 0.15) is 25.1 Å². The molecule has 0 fully saturated rings. The number of nitrogens with one attached hydrogen (secondary N) is 1. The molecule has 4 nitrogen and oxygen atoms in total. The molecule has 0 saturated heterocycles. The Morgan fingerprint density at radius 1 is 1.20 bits per heavy atom. The minimum atomic E-state index is -0.617. The zero-order chi connectivity index (χ0) is 14.5. The molecule has 0 radical (unpaired) electrons. The molecule has 104 valence electrons. The molecule has 1 aliphatic heterocycles. The second kappa shape index (κ2) is 4.13. The highest BCUT2D eigenvalue weighted by atomic mass is 16.6. The standard InChI is InChI=1S/C16H18N2O2/c1-10-5-8-14(18(10)4)11-6-7-13-12(9-11)16(2,3)20-15(19)17-13/h5-9H,1-4H3,(H,17,19). The molecule has 3 rings (SSSR count). The summed E-state index contributed by atoms with van der Waals surface area (Å²) in [4.78, 5) is 11.5. The third-order valence-electron chi connectivity index (χ3n) is 3.92. The maximum atomic E-state index is 11.5. The third kappa shape index (κ3) is 1.88. The second-order valence-electron chi connectivity index (χ2n) is 5.70. The fourth-order valence-corrected chi connectivity index (χ4v) is 2.64. The average Bonchev–Trinajstić information content (AvgIpc) is 2.69. The predicted molar refractivity (Wildman–Crippen MR) is 78.7 cm³/mol. The smallest absolute Gasteiger partial charge is 0.412 e. The van der Waals surface area contributed by atoms with E-state index in [0.29, 0.717) is 0 Å². The van der Waals surface area contributed by atoms with Crippen molar-refractivity contribution in [3.05, 3.63) is 41.6 Å². The number of fused-ring (bicyclic) bond motifs is 1. The molecule has 0 atom stereocenters. The van der Waals surface area contributed by atoms with Gasteiger partial charge in [-0.25, -0.2) is 4.79 Å². The number of aromatic nitrogens is 1. The topological polar surface area (TPSA) is 43.3 Å². The molecule has 20 heavy (non-hydrogen) atoms. The van der Waals surface area contributed by atoms with E-state index < -0.39 is 11.7 Å². The van der Waals surface area contributed by atoms with E-state index in [1.165, 1.54) is 5.69 Å². The fraction of sp³-hybridized carbons (Fsp3) is 0.312. The zero-order valence-corrected chi connectivity index (χ0v) is 12.2. The van der Waals surface area contributed by atoms with Crippen molar-refractivity contribution in [2.24, 2.45) is 7.05 Å². The third-order valence-corrected chi connectivity index (χ3v) is 3.92. The number of hydrogen-bond donors (Lipinski definition) is 1. The lowest BCUT2D eigenvalue weighted by Gasteiger charge is -2.32. The van der Waals surface area contributed by atoms with Crippen LogP contribution in [0.15, 0.2) is 30.3 Å². The summed E-state index contributed by atoms with van der Waals surface area (Å²) in [5.41, 5.74) is 4.68. The summed E-state index contributed by atoms with van der Waals surface area (Å²) in [6.45, 7) is 5.89. The van der Waals surface area contributed by atoms with E-state index in [1.807, 2.05) is 33.0 Å². The molecule has 2 heterocycles. The lowest BCUT2D eigenvalue weighted by molar-refractivity contribution is 0.0421. The molecule has 2 aromatic rings. The first kappa shape index (κ1) is 12.8. The van der Waals surface area contributed by atoms with Gasteiger partial charge in [0.05, 0.1) is 5.69 Å². The Labute approximate surface area is 118 Å². The average molecular weight is 270 g/mol. The minimum absolute atomic E-state index is 0.398. The molecule has 4 heteroatoms. The molecule has 0 aliphatic carbocycles. The second-order valence-corrected chi connectivity index (χ2v) is 5.70. The van der Waals surface area contributed by atoms with Gasteiger partial charge >= 0.3 is 6.09 Å². The molecule has 1 aliphatic rings. The number of carbonyl (C=O) groups excluding carboxylic acids is 1. The van der Waals surface area contributed by atoms with Crippen molar-refractivity contribution in [2.45, 2.75) is 26.4 Å². The number of rotatable bonds is 1. The van der Waals surface area contributed by atoms with E-state index in [0.717, 1.165) is 22.5 Å². The number of ether oxygens (including phenoxy) is 1. The van der Waals surface area contributed by atoms with Crippen LogP contribution in [0.4, 0.5) is 10.5 Å². The van der Waals surface area contributed by atoms with Crippen LogP contribution in [0, 0.1) is 6.92 Å². The minimum Gasteiger partial charge on any atom is -0.438 e. The van der Waals surface area contributed by atoms with E-state index in [1.54, 1.807) is 0 Å². The van der Waals surface area contributed by atoms with Gasteiger partial charge in [0.25, 0.3) is 0 Å². The number of benzene rings is 1. The van der Waals surface area contributed by atoms with Gasteiger partial charge in [-0.2, -0.15) is 0 Å². The number of nitrogens with zero attached hydrogens (tertiary/aromatic N) is 1. The van der Waals surface area contributed by atoms with E-state index in [2.05, 4.69) is 35.0 Å². The summed E-state index contributed by atoms with van der Waals surface area (Å²) in [5.74, 6) is 0. The molecule has 0 spiro atoms. The summed E-state index contributed by atoms with van der Waals surface area (Å²) < 4.78 is 7.52. The molecular formula is C16H18N2O2. The van der Waals surface area contributed by atoms with E-state index >= 15 is 0 Å². The van der Waals surface area contributed by atoms with Crippen LogP contribution in [0.3, 0.4) is 0 Å². The van der Waals surface area contributed by atoms with Gasteiger partial charge in [0.2, 0.25) is 0 Å². The maximum Gasteiger partial charge on any atom is 0.412 e. The molecule has 0 unspecified atom stereocenters. The van der Waals surface area contributed by atoms with Crippen LogP contribution in [0.25, 0.3) is 11.3 Å². The van der Waals surface area contributed by atoms with Gasteiger partial charge < -0.3 is 9.30 Å². The summed E-state index contributed by atoms with van der Waals surface area (Å²) in [5, 5.41) is 2.75. The first-order valence-corrected chi connectivity index (χ1v) is 6.66. The van der Waals surface area contributed by atoms with Crippen molar-refractivity contribution in [1.29, 1.82) is 0 Å². The fourth-order valence-electron chi connectivity index (χ4n) is 2.64. The van der Waals surface area contributed by atoms with Crippen molar-refractivity contribution < 1.29 is 9.53 Å². The highest BCUT2D eigenvalue weighted by Crippen LogP contribution is 2.38. The van der Waals surface area contributed by atoms with Crippen LogP contribution in [0.5, 0.6) is 0 Å².